The predicted octanol–water partition coefficient (Wildman–Crippen LogP) is 3.17. The highest BCUT2D eigenvalue weighted by molar-refractivity contribution is 6.30. The van der Waals surface area contributed by atoms with Crippen molar-refractivity contribution in [2.45, 2.75) is 25.2 Å². The van der Waals surface area contributed by atoms with Gasteiger partial charge in [0, 0.05) is 28.0 Å². The molecule has 3 rings (SSSR count). The fourth-order valence-corrected chi connectivity index (χ4v) is 2.91. The van der Waals surface area contributed by atoms with Crippen LogP contribution in [0.15, 0.2) is 36.8 Å². The lowest BCUT2D eigenvalue weighted by Gasteiger charge is -2.34. The topological polar surface area (TPSA) is 29.9 Å². The number of piperidine rings is 1. The quantitative estimate of drug-likeness (QED) is 0.912. The molecule has 0 saturated carbocycles. The Kier molecular flexibility index (Phi) is 3.33. The van der Waals surface area contributed by atoms with E-state index in [1.54, 1.807) is 0 Å². The van der Waals surface area contributed by atoms with Gasteiger partial charge in [-0.05, 0) is 50.2 Å². The van der Waals surface area contributed by atoms with Crippen LogP contribution in [0.4, 0.5) is 0 Å². The normalized spacial score (nSPS) is 18.4. The maximum Gasteiger partial charge on any atom is 0.0994 e. The standard InChI is InChI=1S/C15H18ClN3/c1-15(6-8-17-9-7-15)14-10-18-11-19(14)13-4-2-12(16)3-5-13/h2-5,10-11,17H,6-9H2,1H3. The first-order chi connectivity index (χ1) is 9.19. The maximum absolute atomic E-state index is 5.96. The van der Waals surface area contributed by atoms with Crippen LogP contribution in [-0.2, 0) is 5.41 Å². The minimum Gasteiger partial charge on any atom is -0.317 e. The van der Waals surface area contributed by atoms with Crippen molar-refractivity contribution < 1.29 is 0 Å². The number of aromatic nitrogens is 2. The van der Waals surface area contributed by atoms with Gasteiger partial charge in [0.25, 0.3) is 0 Å². The molecule has 0 radical (unpaired) electrons. The van der Waals surface area contributed by atoms with E-state index in [4.69, 9.17) is 11.6 Å². The molecule has 2 heterocycles. The van der Waals surface area contributed by atoms with Gasteiger partial charge in [0.2, 0.25) is 0 Å². The predicted molar refractivity (Wildman–Crippen MR) is 78.0 cm³/mol. The Bertz CT molecular complexity index is 553. The molecule has 1 fully saturated rings. The van der Waals surface area contributed by atoms with Gasteiger partial charge >= 0.3 is 0 Å². The SMILES string of the molecule is CC1(c2cncn2-c2ccc(Cl)cc2)CCNCC1. The van der Waals surface area contributed by atoms with Gasteiger partial charge in [-0.1, -0.05) is 18.5 Å². The molecule has 1 aliphatic rings. The molecule has 0 bridgehead atoms. The molecule has 0 unspecified atom stereocenters. The van der Waals surface area contributed by atoms with E-state index in [1.165, 1.54) is 5.69 Å². The van der Waals surface area contributed by atoms with Crippen LogP contribution >= 0.6 is 11.6 Å². The van der Waals surface area contributed by atoms with Crippen molar-refractivity contribution in [1.82, 2.24) is 14.9 Å². The number of hydrogen-bond donors (Lipinski definition) is 1. The van der Waals surface area contributed by atoms with Gasteiger partial charge in [-0.2, -0.15) is 0 Å². The highest BCUT2D eigenvalue weighted by atomic mass is 35.5. The molecule has 3 nitrogen and oxygen atoms in total. The van der Waals surface area contributed by atoms with Crippen molar-refractivity contribution in [3.8, 4) is 5.69 Å². The highest BCUT2D eigenvalue weighted by Crippen LogP contribution is 2.34. The Labute approximate surface area is 118 Å². The molecule has 1 saturated heterocycles. The Morgan fingerprint density at radius 2 is 1.89 bits per heavy atom. The van der Waals surface area contributed by atoms with Crippen LogP contribution in [0.3, 0.4) is 0 Å². The number of hydrogen-bond acceptors (Lipinski definition) is 2. The van der Waals surface area contributed by atoms with Gasteiger partial charge in [0.1, 0.15) is 0 Å². The summed E-state index contributed by atoms with van der Waals surface area (Å²) in [5, 5.41) is 4.18. The van der Waals surface area contributed by atoms with Crippen molar-refractivity contribution in [1.29, 1.82) is 0 Å². The first-order valence-electron chi connectivity index (χ1n) is 6.69. The van der Waals surface area contributed by atoms with E-state index in [0.717, 1.165) is 36.6 Å². The average molecular weight is 276 g/mol. The van der Waals surface area contributed by atoms with Crippen molar-refractivity contribution in [3.63, 3.8) is 0 Å². The second-order valence-corrected chi connectivity index (χ2v) is 5.87. The van der Waals surface area contributed by atoms with E-state index < -0.39 is 0 Å². The molecule has 0 atom stereocenters. The summed E-state index contributed by atoms with van der Waals surface area (Å²) in [4.78, 5) is 4.35. The first kappa shape index (κ1) is 12.7. The Balaban J connectivity index is 2.00. The molecule has 2 aromatic rings. The van der Waals surface area contributed by atoms with Crippen LogP contribution in [0.1, 0.15) is 25.5 Å². The Morgan fingerprint density at radius 3 is 2.58 bits per heavy atom. The largest absolute Gasteiger partial charge is 0.317 e. The first-order valence-corrected chi connectivity index (χ1v) is 7.06. The van der Waals surface area contributed by atoms with Crippen LogP contribution in [0.5, 0.6) is 0 Å². The maximum atomic E-state index is 5.96. The molecule has 0 aliphatic carbocycles. The van der Waals surface area contributed by atoms with Gasteiger partial charge in [-0.15, -0.1) is 0 Å². The molecule has 1 N–H and O–H groups in total. The van der Waals surface area contributed by atoms with Crippen LogP contribution < -0.4 is 5.32 Å². The molecule has 100 valence electrons. The third-order valence-corrected chi connectivity index (χ3v) is 4.32. The number of rotatable bonds is 2. The lowest BCUT2D eigenvalue weighted by Crippen LogP contribution is -2.38. The van der Waals surface area contributed by atoms with Gasteiger partial charge < -0.3 is 9.88 Å². The summed E-state index contributed by atoms with van der Waals surface area (Å²) in [7, 11) is 0. The second-order valence-electron chi connectivity index (χ2n) is 5.44. The average Bonchev–Trinajstić information content (AvgIpc) is 2.90. The Morgan fingerprint density at radius 1 is 1.21 bits per heavy atom. The molecular weight excluding hydrogens is 258 g/mol. The van der Waals surface area contributed by atoms with Crippen LogP contribution in [-0.4, -0.2) is 22.6 Å². The summed E-state index contributed by atoms with van der Waals surface area (Å²) in [6, 6.07) is 7.92. The fourth-order valence-electron chi connectivity index (χ4n) is 2.78. The lowest BCUT2D eigenvalue weighted by molar-refractivity contribution is 0.324. The Hall–Kier alpha value is -1.32. The molecule has 0 amide bonds. The monoisotopic (exact) mass is 275 g/mol. The zero-order valence-electron chi connectivity index (χ0n) is 11.1. The van der Waals surface area contributed by atoms with E-state index in [2.05, 4.69) is 21.8 Å². The van der Waals surface area contributed by atoms with Gasteiger partial charge in [-0.3, -0.25) is 0 Å². The number of nitrogens with zero attached hydrogens (tertiary/aromatic N) is 2. The molecule has 4 heteroatoms. The summed E-state index contributed by atoms with van der Waals surface area (Å²) in [5.74, 6) is 0. The molecule has 0 spiro atoms. The third kappa shape index (κ3) is 2.40. The van der Waals surface area contributed by atoms with Crippen LogP contribution in [0.25, 0.3) is 5.69 Å². The van der Waals surface area contributed by atoms with E-state index in [-0.39, 0.29) is 5.41 Å². The number of halogens is 1. The zero-order chi connectivity index (χ0) is 13.3. The lowest BCUT2D eigenvalue weighted by atomic mass is 9.78. The van der Waals surface area contributed by atoms with Gasteiger partial charge in [0.05, 0.1) is 6.33 Å². The minimum absolute atomic E-state index is 0.196. The second kappa shape index (κ2) is 4.99. The molecule has 1 aromatic carbocycles. The highest BCUT2D eigenvalue weighted by Gasteiger charge is 2.31. The number of nitrogens with one attached hydrogen (secondary N) is 1. The van der Waals surface area contributed by atoms with Crippen LogP contribution in [0, 0.1) is 0 Å². The molecule has 19 heavy (non-hydrogen) atoms. The minimum atomic E-state index is 0.196. The van der Waals surface area contributed by atoms with E-state index in [9.17, 15) is 0 Å². The molecule has 1 aromatic heterocycles. The van der Waals surface area contributed by atoms with Gasteiger partial charge in [-0.25, -0.2) is 4.98 Å². The van der Waals surface area contributed by atoms with Crippen molar-refractivity contribution in [2.75, 3.05) is 13.1 Å². The summed E-state index contributed by atoms with van der Waals surface area (Å²) in [6.45, 7) is 4.47. The van der Waals surface area contributed by atoms with Crippen molar-refractivity contribution >= 4 is 11.6 Å². The van der Waals surface area contributed by atoms with Crippen molar-refractivity contribution in [3.05, 3.63) is 47.5 Å². The summed E-state index contributed by atoms with van der Waals surface area (Å²) in [6.07, 6.45) is 6.18. The van der Waals surface area contributed by atoms with E-state index in [0.29, 0.717) is 0 Å². The fraction of sp³-hybridized carbons (Fsp3) is 0.400. The molecule has 1 aliphatic heterocycles. The molecular formula is C15H18ClN3. The van der Waals surface area contributed by atoms with E-state index in [1.807, 2.05) is 36.8 Å². The van der Waals surface area contributed by atoms with E-state index >= 15 is 0 Å². The smallest absolute Gasteiger partial charge is 0.0994 e. The zero-order valence-corrected chi connectivity index (χ0v) is 11.8. The summed E-state index contributed by atoms with van der Waals surface area (Å²) in [5.41, 5.74) is 2.61. The number of benzene rings is 1. The van der Waals surface area contributed by atoms with Crippen LogP contribution in [0.2, 0.25) is 5.02 Å². The summed E-state index contributed by atoms with van der Waals surface area (Å²) < 4.78 is 2.18. The number of imidazole rings is 1. The van der Waals surface area contributed by atoms with Gasteiger partial charge in [0.15, 0.2) is 0 Å². The third-order valence-electron chi connectivity index (χ3n) is 4.07. The summed E-state index contributed by atoms with van der Waals surface area (Å²) >= 11 is 5.96. The van der Waals surface area contributed by atoms with Crippen molar-refractivity contribution in [2.24, 2.45) is 0 Å².